The van der Waals surface area contributed by atoms with Gasteiger partial charge >= 0.3 is 0 Å². The maximum Gasteiger partial charge on any atom is 0.0928 e. The van der Waals surface area contributed by atoms with Gasteiger partial charge in [0, 0.05) is 26.2 Å². The van der Waals surface area contributed by atoms with Crippen LogP contribution in [-0.2, 0) is 13.1 Å². The quantitative estimate of drug-likeness (QED) is 0.851. The van der Waals surface area contributed by atoms with Crippen LogP contribution in [0.5, 0.6) is 0 Å². The molecule has 1 saturated carbocycles. The van der Waals surface area contributed by atoms with Crippen molar-refractivity contribution in [3.05, 3.63) is 17.5 Å². The molecule has 0 unspecified atom stereocenters. The van der Waals surface area contributed by atoms with E-state index in [1.165, 1.54) is 18.5 Å². The fourth-order valence-corrected chi connectivity index (χ4v) is 2.95. The minimum atomic E-state index is -0.369. The number of aliphatic hydroxyl groups is 1. The Labute approximate surface area is 102 Å². The summed E-state index contributed by atoms with van der Waals surface area (Å²) in [5.41, 5.74) is 1.98. The molecule has 94 valence electrons. The lowest BCUT2D eigenvalue weighted by molar-refractivity contribution is -0.117. The predicted octanol–water partition coefficient (Wildman–Crippen LogP) is 1.17. The molecule has 2 aliphatic rings. The van der Waals surface area contributed by atoms with Gasteiger partial charge in [-0.3, -0.25) is 9.58 Å². The van der Waals surface area contributed by atoms with Crippen molar-refractivity contribution >= 4 is 0 Å². The van der Waals surface area contributed by atoms with Crippen LogP contribution in [0, 0.1) is 12.8 Å². The Hall–Kier alpha value is -0.870. The second-order valence-corrected chi connectivity index (χ2v) is 5.62. The number of likely N-dealkylation sites (tertiary alicyclic amines) is 1. The normalized spacial score (nSPS) is 23.7. The number of hydrogen-bond donors (Lipinski definition) is 1. The van der Waals surface area contributed by atoms with E-state index in [-0.39, 0.29) is 5.60 Å². The van der Waals surface area contributed by atoms with Crippen molar-refractivity contribution in [2.75, 3.05) is 13.1 Å². The lowest BCUT2D eigenvalue weighted by Gasteiger charge is -2.47. The molecule has 1 aromatic heterocycles. The van der Waals surface area contributed by atoms with Crippen LogP contribution in [0.15, 0.2) is 6.07 Å². The smallest absolute Gasteiger partial charge is 0.0928 e. The summed E-state index contributed by atoms with van der Waals surface area (Å²) in [5, 5.41) is 14.7. The van der Waals surface area contributed by atoms with Crippen LogP contribution in [0.3, 0.4) is 0 Å². The molecule has 0 spiro atoms. The van der Waals surface area contributed by atoms with Gasteiger partial charge in [-0.2, -0.15) is 5.10 Å². The van der Waals surface area contributed by atoms with E-state index in [1.54, 1.807) is 0 Å². The second-order valence-electron chi connectivity index (χ2n) is 5.62. The highest BCUT2D eigenvalue weighted by Crippen LogP contribution is 2.44. The number of rotatable bonds is 4. The van der Waals surface area contributed by atoms with Gasteiger partial charge in [0.1, 0.15) is 0 Å². The van der Waals surface area contributed by atoms with E-state index >= 15 is 0 Å². The number of aromatic nitrogens is 2. The zero-order chi connectivity index (χ0) is 12.0. The summed E-state index contributed by atoms with van der Waals surface area (Å²) < 4.78 is 2.06. The van der Waals surface area contributed by atoms with Gasteiger partial charge < -0.3 is 5.11 Å². The Balaban J connectivity index is 1.61. The molecule has 2 heterocycles. The summed E-state index contributed by atoms with van der Waals surface area (Å²) in [6.07, 6.45) is 2.44. The summed E-state index contributed by atoms with van der Waals surface area (Å²) in [5.74, 6) is 0.580. The Bertz CT molecular complexity index is 416. The third-order valence-corrected chi connectivity index (χ3v) is 4.00. The molecule has 4 heteroatoms. The van der Waals surface area contributed by atoms with E-state index in [1.807, 2.05) is 6.92 Å². The summed E-state index contributed by atoms with van der Waals surface area (Å²) in [6, 6.07) is 2.15. The topological polar surface area (TPSA) is 41.3 Å². The molecule has 1 aliphatic heterocycles. The third kappa shape index (κ3) is 2.00. The highest BCUT2D eigenvalue weighted by atomic mass is 16.3. The zero-order valence-corrected chi connectivity index (χ0v) is 10.7. The molecule has 0 aromatic carbocycles. The van der Waals surface area contributed by atoms with Gasteiger partial charge in [-0.1, -0.05) is 0 Å². The fourth-order valence-electron chi connectivity index (χ4n) is 2.95. The van der Waals surface area contributed by atoms with Crippen molar-refractivity contribution in [1.29, 1.82) is 0 Å². The third-order valence-electron chi connectivity index (χ3n) is 4.00. The first-order valence-corrected chi connectivity index (χ1v) is 6.59. The molecule has 0 bridgehead atoms. The minimum Gasteiger partial charge on any atom is -0.387 e. The maximum atomic E-state index is 10.3. The van der Waals surface area contributed by atoms with E-state index in [0.29, 0.717) is 5.92 Å². The van der Waals surface area contributed by atoms with Crippen LogP contribution in [0.1, 0.15) is 31.2 Å². The molecule has 1 saturated heterocycles. The highest BCUT2D eigenvalue weighted by Gasteiger charge is 2.51. The first-order valence-electron chi connectivity index (χ1n) is 6.59. The van der Waals surface area contributed by atoms with Crippen molar-refractivity contribution in [3.63, 3.8) is 0 Å². The zero-order valence-electron chi connectivity index (χ0n) is 10.7. The maximum absolute atomic E-state index is 10.3. The van der Waals surface area contributed by atoms with Gasteiger partial charge in [-0.15, -0.1) is 0 Å². The molecule has 1 N–H and O–H groups in total. The van der Waals surface area contributed by atoms with Crippen molar-refractivity contribution in [1.82, 2.24) is 14.7 Å². The van der Waals surface area contributed by atoms with E-state index in [9.17, 15) is 5.11 Å². The van der Waals surface area contributed by atoms with Gasteiger partial charge in [-0.05, 0) is 38.7 Å². The van der Waals surface area contributed by atoms with E-state index in [0.717, 1.165) is 31.9 Å². The molecular weight excluding hydrogens is 214 g/mol. The van der Waals surface area contributed by atoms with E-state index in [4.69, 9.17) is 0 Å². The molecule has 1 aromatic rings. The predicted molar refractivity (Wildman–Crippen MR) is 65.6 cm³/mol. The van der Waals surface area contributed by atoms with Crippen LogP contribution in [0.25, 0.3) is 0 Å². The van der Waals surface area contributed by atoms with Crippen LogP contribution < -0.4 is 0 Å². The number of β-amino-alcohol motifs (C(OH)–C–C–N with tert-alkyl or cyclic N) is 1. The van der Waals surface area contributed by atoms with Crippen molar-refractivity contribution in [3.8, 4) is 0 Å². The summed E-state index contributed by atoms with van der Waals surface area (Å²) >= 11 is 0. The lowest BCUT2D eigenvalue weighted by Crippen LogP contribution is -2.62. The van der Waals surface area contributed by atoms with Crippen molar-refractivity contribution in [2.24, 2.45) is 5.92 Å². The monoisotopic (exact) mass is 235 g/mol. The largest absolute Gasteiger partial charge is 0.387 e. The molecule has 4 nitrogen and oxygen atoms in total. The average Bonchev–Trinajstić information content (AvgIpc) is 3.02. The van der Waals surface area contributed by atoms with Crippen LogP contribution >= 0.6 is 0 Å². The van der Waals surface area contributed by atoms with Gasteiger partial charge in [0.05, 0.1) is 17.0 Å². The molecule has 17 heavy (non-hydrogen) atoms. The fraction of sp³-hybridized carbons (Fsp3) is 0.769. The molecule has 0 atom stereocenters. The van der Waals surface area contributed by atoms with Gasteiger partial charge in [0.25, 0.3) is 0 Å². The molecule has 0 radical (unpaired) electrons. The summed E-state index contributed by atoms with van der Waals surface area (Å²) in [6.45, 7) is 7.67. The second kappa shape index (κ2) is 3.82. The van der Waals surface area contributed by atoms with E-state index in [2.05, 4.69) is 27.7 Å². The first kappa shape index (κ1) is 11.2. The summed E-state index contributed by atoms with van der Waals surface area (Å²) in [7, 11) is 0. The Kier molecular flexibility index (Phi) is 2.52. The summed E-state index contributed by atoms with van der Waals surface area (Å²) in [4.78, 5) is 2.32. The van der Waals surface area contributed by atoms with Crippen LogP contribution in [0.2, 0.25) is 0 Å². The molecule has 3 rings (SSSR count). The van der Waals surface area contributed by atoms with Gasteiger partial charge in [-0.25, -0.2) is 0 Å². The highest BCUT2D eigenvalue weighted by molar-refractivity contribution is 5.12. The first-order chi connectivity index (χ1) is 8.10. The SMILES string of the molecule is CCn1nc(C)cc1CN1CC(O)(C2CC2)C1. The number of aryl methyl sites for hydroxylation is 2. The number of hydrogen-bond acceptors (Lipinski definition) is 3. The standard InChI is InChI=1S/C13H21N3O/c1-3-16-12(6-10(2)14-16)7-15-8-13(17,9-15)11-4-5-11/h6,11,17H,3-5,7-9H2,1-2H3. The molecular formula is C13H21N3O. The molecule has 2 fully saturated rings. The Morgan fingerprint density at radius 1 is 1.47 bits per heavy atom. The lowest BCUT2D eigenvalue weighted by atomic mass is 9.88. The van der Waals surface area contributed by atoms with Crippen LogP contribution in [0.4, 0.5) is 0 Å². The van der Waals surface area contributed by atoms with Gasteiger partial charge in [0.15, 0.2) is 0 Å². The van der Waals surface area contributed by atoms with Crippen molar-refractivity contribution < 1.29 is 5.11 Å². The minimum absolute atomic E-state index is 0.369. The van der Waals surface area contributed by atoms with Crippen LogP contribution in [-0.4, -0.2) is 38.5 Å². The molecule has 1 aliphatic carbocycles. The average molecular weight is 235 g/mol. The molecule has 0 amide bonds. The van der Waals surface area contributed by atoms with E-state index < -0.39 is 0 Å². The number of nitrogens with zero attached hydrogens (tertiary/aromatic N) is 3. The Morgan fingerprint density at radius 3 is 2.76 bits per heavy atom. The van der Waals surface area contributed by atoms with Gasteiger partial charge in [0.2, 0.25) is 0 Å². The van der Waals surface area contributed by atoms with Crippen molar-refractivity contribution in [2.45, 2.75) is 45.4 Å². The Morgan fingerprint density at radius 2 is 2.18 bits per heavy atom.